The molecule has 1 amide bonds. The first-order valence-electron chi connectivity index (χ1n) is 5.07. The number of nitrogens with one attached hydrogen (secondary N) is 1. The van der Waals surface area contributed by atoms with Crippen molar-refractivity contribution >= 4 is 17.7 Å². The number of nitrogens with two attached hydrogens (primary N) is 1. The summed E-state index contributed by atoms with van der Waals surface area (Å²) < 4.78 is 0. The summed E-state index contributed by atoms with van der Waals surface area (Å²) in [5.74, 6) is 2.03. The van der Waals surface area contributed by atoms with Crippen LogP contribution in [0.15, 0.2) is 0 Å². The molecule has 80 valence electrons. The third-order valence-electron chi connectivity index (χ3n) is 3.11. The Hall–Kier alpha value is -0.260. The minimum absolute atomic E-state index is 0.0211. The Balaban J connectivity index is 1.97. The molecule has 2 aliphatic heterocycles. The number of amides is 1. The third-order valence-corrected chi connectivity index (χ3v) is 4.05. The number of rotatable bonds is 1. The topological polar surface area (TPSA) is 58.4 Å². The summed E-state index contributed by atoms with van der Waals surface area (Å²) >= 11 is 1.78. The summed E-state index contributed by atoms with van der Waals surface area (Å²) in [6, 6.07) is 0.385. The molecule has 0 aromatic heterocycles. The molecule has 3 atom stereocenters. The van der Waals surface area contributed by atoms with Gasteiger partial charge in [0, 0.05) is 30.3 Å². The van der Waals surface area contributed by atoms with E-state index in [-0.39, 0.29) is 24.0 Å². The van der Waals surface area contributed by atoms with Crippen LogP contribution >= 0.6 is 11.8 Å². The van der Waals surface area contributed by atoms with Crippen molar-refractivity contribution in [3.63, 3.8) is 0 Å². The van der Waals surface area contributed by atoms with E-state index in [9.17, 15) is 4.79 Å². The maximum atomic E-state index is 12.0. The molecule has 2 saturated heterocycles. The molecular weight excluding hydrogens is 198 g/mol. The first kappa shape index (κ1) is 10.3. The summed E-state index contributed by atoms with van der Waals surface area (Å²) in [6.45, 7) is 2.86. The first-order chi connectivity index (χ1) is 6.70. The summed E-state index contributed by atoms with van der Waals surface area (Å²) in [6.07, 6.45) is 0.937. The minimum Gasteiger partial charge on any atom is -0.337 e. The molecule has 0 bridgehead atoms. The van der Waals surface area contributed by atoms with E-state index in [0.717, 1.165) is 24.6 Å². The molecule has 0 aromatic carbocycles. The molecule has 0 aromatic rings. The van der Waals surface area contributed by atoms with E-state index >= 15 is 0 Å². The Morgan fingerprint density at radius 1 is 1.64 bits per heavy atom. The van der Waals surface area contributed by atoms with Gasteiger partial charge in [-0.1, -0.05) is 0 Å². The third kappa shape index (κ3) is 1.76. The second-order valence-electron chi connectivity index (χ2n) is 4.00. The molecule has 0 aliphatic carbocycles. The van der Waals surface area contributed by atoms with E-state index in [1.165, 1.54) is 0 Å². The second kappa shape index (κ2) is 4.08. The normalized spacial score (nSPS) is 37.9. The molecule has 4 nitrogen and oxygen atoms in total. The van der Waals surface area contributed by atoms with Crippen LogP contribution in [-0.2, 0) is 4.79 Å². The minimum atomic E-state index is 0.0211. The second-order valence-corrected chi connectivity index (χ2v) is 5.03. The molecular formula is C9H17N3OS. The van der Waals surface area contributed by atoms with E-state index in [1.54, 1.807) is 11.8 Å². The zero-order chi connectivity index (χ0) is 10.1. The average Bonchev–Trinajstić information content (AvgIpc) is 2.77. The van der Waals surface area contributed by atoms with Crippen molar-refractivity contribution in [1.29, 1.82) is 0 Å². The van der Waals surface area contributed by atoms with Crippen molar-refractivity contribution < 1.29 is 4.79 Å². The maximum absolute atomic E-state index is 12.0. The van der Waals surface area contributed by atoms with Crippen LogP contribution in [0.5, 0.6) is 0 Å². The monoisotopic (exact) mass is 215 g/mol. The average molecular weight is 215 g/mol. The van der Waals surface area contributed by atoms with Gasteiger partial charge in [-0.3, -0.25) is 10.1 Å². The lowest BCUT2D eigenvalue weighted by molar-refractivity contribution is -0.133. The molecule has 14 heavy (non-hydrogen) atoms. The van der Waals surface area contributed by atoms with E-state index in [2.05, 4.69) is 5.32 Å². The van der Waals surface area contributed by atoms with Crippen molar-refractivity contribution in [2.24, 2.45) is 5.73 Å². The van der Waals surface area contributed by atoms with Gasteiger partial charge in [-0.25, -0.2) is 0 Å². The van der Waals surface area contributed by atoms with Crippen LogP contribution in [0.3, 0.4) is 0 Å². The highest BCUT2D eigenvalue weighted by Crippen LogP contribution is 2.19. The molecule has 2 rings (SSSR count). The first-order valence-corrected chi connectivity index (χ1v) is 6.23. The molecule has 2 fully saturated rings. The van der Waals surface area contributed by atoms with Gasteiger partial charge in [-0.05, 0) is 13.3 Å². The fourth-order valence-electron chi connectivity index (χ4n) is 2.03. The fourth-order valence-corrected chi connectivity index (χ4v) is 2.96. The van der Waals surface area contributed by atoms with Crippen molar-refractivity contribution in [1.82, 2.24) is 10.2 Å². The van der Waals surface area contributed by atoms with Crippen LogP contribution in [0, 0.1) is 0 Å². The van der Waals surface area contributed by atoms with Gasteiger partial charge in [0.2, 0.25) is 5.91 Å². The van der Waals surface area contributed by atoms with Crippen LogP contribution in [0.4, 0.5) is 0 Å². The van der Waals surface area contributed by atoms with Crippen LogP contribution in [0.25, 0.3) is 0 Å². The highest BCUT2D eigenvalue weighted by molar-refractivity contribution is 7.99. The molecule has 2 unspecified atom stereocenters. The molecule has 0 spiro atoms. The quantitative estimate of drug-likeness (QED) is 0.625. The lowest BCUT2D eigenvalue weighted by atomic mass is 10.1. The Labute approximate surface area is 88.6 Å². The molecule has 5 heteroatoms. The number of thioether (sulfide) groups is 1. The number of likely N-dealkylation sites (tertiary alicyclic amines) is 1. The molecule has 2 aliphatic rings. The van der Waals surface area contributed by atoms with E-state index in [0.29, 0.717) is 0 Å². The standard InChI is InChI=1S/C9H17N3OS/c1-6-7(10)2-3-12(6)9(13)8-4-14-5-11-8/h6-8,11H,2-5,10H2,1H3/t6?,7?,8-/m1/s1. The highest BCUT2D eigenvalue weighted by Gasteiger charge is 2.35. The molecule has 0 radical (unpaired) electrons. The predicted molar refractivity (Wildman–Crippen MR) is 58.0 cm³/mol. The van der Waals surface area contributed by atoms with Gasteiger partial charge in [0.25, 0.3) is 0 Å². The zero-order valence-electron chi connectivity index (χ0n) is 8.40. The van der Waals surface area contributed by atoms with Gasteiger partial charge in [-0.2, -0.15) is 0 Å². The highest BCUT2D eigenvalue weighted by atomic mass is 32.2. The number of carbonyl (C=O) groups is 1. The fraction of sp³-hybridized carbons (Fsp3) is 0.889. The van der Waals surface area contributed by atoms with Gasteiger partial charge < -0.3 is 10.6 Å². The van der Waals surface area contributed by atoms with E-state index < -0.39 is 0 Å². The van der Waals surface area contributed by atoms with Crippen LogP contribution in [0.1, 0.15) is 13.3 Å². The summed E-state index contributed by atoms with van der Waals surface area (Å²) in [7, 11) is 0. The molecule has 0 saturated carbocycles. The zero-order valence-corrected chi connectivity index (χ0v) is 9.22. The Kier molecular flexibility index (Phi) is 2.99. The maximum Gasteiger partial charge on any atom is 0.240 e. The van der Waals surface area contributed by atoms with Crippen molar-refractivity contribution in [2.75, 3.05) is 18.2 Å². The smallest absolute Gasteiger partial charge is 0.240 e. The van der Waals surface area contributed by atoms with Gasteiger partial charge >= 0.3 is 0 Å². The van der Waals surface area contributed by atoms with Crippen molar-refractivity contribution in [3.05, 3.63) is 0 Å². The number of hydrogen-bond acceptors (Lipinski definition) is 4. The van der Waals surface area contributed by atoms with Gasteiger partial charge in [0.15, 0.2) is 0 Å². The number of hydrogen-bond donors (Lipinski definition) is 2. The van der Waals surface area contributed by atoms with Gasteiger partial charge in [-0.15, -0.1) is 11.8 Å². The summed E-state index contributed by atoms with van der Waals surface area (Å²) in [4.78, 5) is 13.9. The van der Waals surface area contributed by atoms with Crippen LogP contribution in [0.2, 0.25) is 0 Å². The van der Waals surface area contributed by atoms with Crippen LogP contribution in [-0.4, -0.2) is 47.1 Å². The molecule has 2 heterocycles. The SMILES string of the molecule is CC1C(N)CCN1C(=O)[C@H]1CSCN1. The van der Waals surface area contributed by atoms with E-state index in [4.69, 9.17) is 5.73 Å². The largest absolute Gasteiger partial charge is 0.337 e. The Morgan fingerprint density at radius 3 is 2.93 bits per heavy atom. The van der Waals surface area contributed by atoms with Gasteiger partial charge in [0.1, 0.15) is 0 Å². The predicted octanol–water partition coefficient (Wildman–Crippen LogP) is -0.403. The Morgan fingerprint density at radius 2 is 2.43 bits per heavy atom. The van der Waals surface area contributed by atoms with E-state index in [1.807, 2.05) is 11.8 Å². The number of nitrogens with zero attached hydrogens (tertiary/aromatic N) is 1. The van der Waals surface area contributed by atoms with Crippen molar-refractivity contribution in [2.45, 2.75) is 31.5 Å². The van der Waals surface area contributed by atoms with Crippen LogP contribution < -0.4 is 11.1 Å². The Bertz CT molecular complexity index is 230. The van der Waals surface area contributed by atoms with Gasteiger partial charge in [0.05, 0.1) is 6.04 Å². The lowest BCUT2D eigenvalue weighted by Crippen LogP contribution is -2.48. The number of carbonyl (C=O) groups excluding carboxylic acids is 1. The summed E-state index contributed by atoms with van der Waals surface area (Å²) in [5, 5.41) is 3.20. The van der Waals surface area contributed by atoms with Crippen molar-refractivity contribution in [3.8, 4) is 0 Å². The lowest BCUT2D eigenvalue weighted by Gasteiger charge is -2.25. The molecule has 3 N–H and O–H groups in total. The summed E-state index contributed by atoms with van der Waals surface area (Å²) in [5.41, 5.74) is 5.89.